The highest BCUT2D eigenvalue weighted by atomic mass is 35.5. The summed E-state index contributed by atoms with van der Waals surface area (Å²) in [6.07, 6.45) is 4.17. The van der Waals surface area contributed by atoms with Gasteiger partial charge in [-0.15, -0.1) is 0 Å². The Morgan fingerprint density at radius 1 is 1.13 bits per heavy atom. The van der Waals surface area contributed by atoms with E-state index in [4.69, 9.17) is 23.2 Å². The molecular weight excluding hydrogens is 419 g/mol. The van der Waals surface area contributed by atoms with Crippen LogP contribution in [0.3, 0.4) is 0 Å². The van der Waals surface area contributed by atoms with Gasteiger partial charge in [-0.2, -0.15) is 0 Å². The van der Waals surface area contributed by atoms with Gasteiger partial charge >= 0.3 is 0 Å². The van der Waals surface area contributed by atoms with E-state index in [1.807, 2.05) is 30.3 Å². The monoisotopic (exact) mass is 442 g/mol. The number of ketones is 1. The Morgan fingerprint density at radius 2 is 1.93 bits per heavy atom. The van der Waals surface area contributed by atoms with Gasteiger partial charge in [-0.1, -0.05) is 54.7 Å². The zero-order valence-corrected chi connectivity index (χ0v) is 18.4. The number of benzene rings is 2. The van der Waals surface area contributed by atoms with Crippen LogP contribution in [0.15, 0.2) is 53.7 Å². The number of amides is 1. The lowest BCUT2D eigenvalue weighted by molar-refractivity contribution is -0.119. The Hall–Kier alpha value is -2.30. The van der Waals surface area contributed by atoms with Gasteiger partial charge in [-0.25, -0.2) is 0 Å². The van der Waals surface area contributed by atoms with Gasteiger partial charge in [0.25, 0.3) is 0 Å². The fourth-order valence-electron chi connectivity index (χ4n) is 4.26. The molecule has 2 aromatic carbocycles. The Bertz CT molecular complexity index is 1030. The first-order valence-corrected chi connectivity index (χ1v) is 11.2. The molecule has 1 aliphatic heterocycles. The standard InChI is InChI=1S/C24H24Cl2N2O2/c1-2-3-11-22(30)28-20-9-5-4-7-18(20)27-19-8-6-10-21(29)23(19)24(28)15-12-13-16(25)17(26)14-15/h4-5,7,9,12-14,24,27H,2-3,6,8,10-11H2,1H3/t24-/m1/s1. The highest BCUT2D eigenvalue weighted by Crippen LogP contribution is 2.45. The van der Waals surface area contributed by atoms with Crippen molar-refractivity contribution in [2.24, 2.45) is 0 Å². The number of Topliss-reactive ketones (excluding diaryl/α,β-unsaturated/α-hetero) is 1. The van der Waals surface area contributed by atoms with E-state index in [1.54, 1.807) is 17.0 Å². The summed E-state index contributed by atoms with van der Waals surface area (Å²) in [5.41, 5.74) is 3.95. The van der Waals surface area contributed by atoms with E-state index < -0.39 is 6.04 Å². The minimum atomic E-state index is -0.539. The first kappa shape index (κ1) is 21.0. The number of carbonyl (C=O) groups excluding carboxylic acids is 2. The molecule has 1 aliphatic carbocycles. The highest BCUT2D eigenvalue weighted by Gasteiger charge is 2.39. The van der Waals surface area contributed by atoms with E-state index >= 15 is 0 Å². The first-order valence-electron chi connectivity index (χ1n) is 10.4. The number of anilines is 2. The van der Waals surface area contributed by atoms with Crippen LogP contribution >= 0.6 is 23.2 Å². The Balaban J connectivity index is 1.96. The summed E-state index contributed by atoms with van der Waals surface area (Å²) >= 11 is 12.5. The molecule has 1 atom stereocenters. The van der Waals surface area contributed by atoms with Crippen LogP contribution in [0, 0.1) is 0 Å². The SMILES string of the molecule is CCCCC(=O)N1c2ccccc2NC2=C(C(=O)CCC2)[C@H]1c1ccc(Cl)c(Cl)c1. The van der Waals surface area contributed by atoms with Crippen LogP contribution in [0.1, 0.15) is 57.1 Å². The van der Waals surface area contributed by atoms with Crippen molar-refractivity contribution in [2.45, 2.75) is 51.5 Å². The lowest BCUT2D eigenvalue weighted by Crippen LogP contribution is -2.38. The molecule has 30 heavy (non-hydrogen) atoms. The molecule has 2 aromatic rings. The average molecular weight is 443 g/mol. The minimum absolute atomic E-state index is 0.00528. The molecule has 0 saturated carbocycles. The zero-order chi connectivity index (χ0) is 21.3. The van der Waals surface area contributed by atoms with Crippen LogP contribution in [0.2, 0.25) is 10.0 Å². The smallest absolute Gasteiger partial charge is 0.227 e. The molecule has 0 unspecified atom stereocenters. The Kier molecular flexibility index (Phi) is 6.16. The third-order valence-corrected chi connectivity index (χ3v) is 6.45. The summed E-state index contributed by atoms with van der Waals surface area (Å²) in [6, 6.07) is 12.6. The molecule has 0 bridgehead atoms. The quantitative estimate of drug-likeness (QED) is 0.573. The summed E-state index contributed by atoms with van der Waals surface area (Å²) in [6.45, 7) is 2.06. The van der Waals surface area contributed by atoms with E-state index in [1.165, 1.54) is 0 Å². The molecule has 0 radical (unpaired) electrons. The molecule has 1 heterocycles. The number of nitrogens with one attached hydrogen (secondary N) is 1. The minimum Gasteiger partial charge on any atom is -0.357 e. The summed E-state index contributed by atoms with van der Waals surface area (Å²) in [5, 5.41) is 4.32. The normalized spacial score (nSPS) is 18.4. The highest BCUT2D eigenvalue weighted by molar-refractivity contribution is 6.42. The van der Waals surface area contributed by atoms with Gasteiger partial charge in [0.2, 0.25) is 5.91 Å². The molecule has 4 nitrogen and oxygen atoms in total. The van der Waals surface area contributed by atoms with Gasteiger partial charge in [0.05, 0.1) is 27.5 Å². The van der Waals surface area contributed by atoms with E-state index in [0.717, 1.165) is 48.3 Å². The summed E-state index contributed by atoms with van der Waals surface area (Å²) in [5.74, 6) is 0.0650. The molecular formula is C24H24Cl2N2O2. The van der Waals surface area contributed by atoms with Crippen LogP contribution in [0.4, 0.5) is 11.4 Å². The summed E-state index contributed by atoms with van der Waals surface area (Å²) in [4.78, 5) is 28.4. The Morgan fingerprint density at radius 3 is 2.70 bits per heavy atom. The van der Waals surface area contributed by atoms with Crippen LogP contribution in [-0.4, -0.2) is 11.7 Å². The third kappa shape index (κ3) is 3.86. The predicted molar refractivity (Wildman–Crippen MR) is 122 cm³/mol. The number of para-hydroxylation sites is 2. The second kappa shape index (κ2) is 8.83. The fourth-order valence-corrected chi connectivity index (χ4v) is 4.56. The van der Waals surface area contributed by atoms with Crippen molar-refractivity contribution in [2.75, 3.05) is 10.2 Å². The van der Waals surface area contributed by atoms with Crippen molar-refractivity contribution >= 4 is 46.3 Å². The predicted octanol–water partition coefficient (Wildman–Crippen LogP) is 6.69. The van der Waals surface area contributed by atoms with Crippen molar-refractivity contribution in [3.63, 3.8) is 0 Å². The lowest BCUT2D eigenvalue weighted by Gasteiger charge is -2.34. The van der Waals surface area contributed by atoms with Gasteiger partial charge in [0.15, 0.2) is 5.78 Å². The molecule has 0 aromatic heterocycles. The number of unbranched alkanes of at least 4 members (excludes halogenated alkanes) is 1. The molecule has 1 N–H and O–H groups in total. The molecule has 156 valence electrons. The van der Waals surface area contributed by atoms with Crippen molar-refractivity contribution in [1.29, 1.82) is 0 Å². The summed E-state index contributed by atoms with van der Waals surface area (Å²) < 4.78 is 0. The maximum absolute atomic E-state index is 13.5. The van der Waals surface area contributed by atoms with E-state index in [2.05, 4.69) is 12.2 Å². The van der Waals surface area contributed by atoms with Crippen LogP contribution in [-0.2, 0) is 9.59 Å². The van der Waals surface area contributed by atoms with E-state index in [9.17, 15) is 9.59 Å². The lowest BCUT2D eigenvalue weighted by atomic mass is 9.85. The molecule has 2 aliphatic rings. The number of carbonyl (C=O) groups is 2. The van der Waals surface area contributed by atoms with Gasteiger partial charge in [-0.3, -0.25) is 14.5 Å². The number of hydrogen-bond acceptors (Lipinski definition) is 3. The molecule has 4 rings (SSSR count). The first-order chi connectivity index (χ1) is 14.5. The van der Waals surface area contributed by atoms with Crippen molar-refractivity contribution in [3.8, 4) is 0 Å². The second-order valence-corrected chi connectivity index (χ2v) is 8.57. The van der Waals surface area contributed by atoms with Gasteiger partial charge in [-0.05, 0) is 49.1 Å². The molecule has 0 spiro atoms. The topological polar surface area (TPSA) is 49.4 Å². The fraction of sp³-hybridized carbons (Fsp3) is 0.333. The molecule has 0 saturated heterocycles. The van der Waals surface area contributed by atoms with Crippen LogP contribution in [0.25, 0.3) is 0 Å². The number of allylic oxidation sites excluding steroid dienone is 1. The van der Waals surface area contributed by atoms with Crippen LogP contribution in [0.5, 0.6) is 0 Å². The van der Waals surface area contributed by atoms with Gasteiger partial charge in [0.1, 0.15) is 0 Å². The molecule has 0 fully saturated rings. The van der Waals surface area contributed by atoms with Crippen LogP contribution < -0.4 is 10.2 Å². The maximum Gasteiger partial charge on any atom is 0.227 e. The number of hydrogen-bond donors (Lipinski definition) is 1. The van der Waals surface area contributed by atoms with Crippen molar-refractivity contribution in [1.82, 2.24) is 0 Å². The van der Waals surface area contributed by atoms with Gasteiger partial charge in [0, 0.05) is 24.1 Å². The second-order valence-electron chi connectivity index (χ2n) is 7.75. The number of rotatable bonds is 4. The number of nitrogens with zero attached hydrogens (tertiary/aromatic N) is 1. The Labute approximate surface area is 186 Å². The van der Waals surface area contributed by atoms with Crippen molar-refractivity contribution in [3.05, 3.63) is 69.3 Å². The van der Waals surface area contributed by atoms with E-state index in [0.29, 0.717) is 28.5 Å². The zero-order valence-electron chi connectivity index (χ0n) is 16.9. The van der Waals surface area contributed by atoms with E-state index in [-0.39, 0.29) is 11.7 Å². The van der Waals surface area contributed by atoms with Crippen molar-refractivity contribution < 1.29 is 9.59 Å². The van der Waals surface area contributed by atoms with Gasteiger partial charge < -0.3 is 5.32 Å². The number of halogens is 2. The molecule has 1 amide bonds. The largest absolute Gasteiger partial charge is 0.357 e. The number of fused-ring (bicyclic) bond motifs is 1. The third-order valence-electron chi connectivity index (χ3n) is 5.71. The summed E-state index contributed by atoms with van der Waals surface area (Å²) in [7, 11) is 0. The maximum atomic E-state index is 13.5. The average Bonchev–Trinajstić information content (AvgIpc) is 2.89. The molecule has 6 heteroatoms.